The molecular weight excluding hydrogens is 416 g/mol. The average Bonchev–Trinajstić information content (AvgIpc) is 3.41. The van der Waals surface area contributed by atoms with Crippen LogP contribution < -0.4 is 10.9 Å². The van der Waals surface area contributed by atoms with Gasteiger partial charge in [-0.05, 0) is 36.8 Å². The number of hydrogen-bond acceptors (Lipinski definition) is 4. The van der Waals surface area contributed by atoms with Gasteiger partial charge in [0.1, 0.15) is 11.2 Å². The van der Waals surface area contributed by atoms with E-state index in [0.29, 0.717) is 18.8 Å². The molecule has 5 rings (SSSR count). The molecule has 0 bridgehead atoms. The Bertz CT molecular complexity index is 1480. The molecule has 1 N–H and O–H groups in total. The van der Waals surface area contributed by atoms with Crippen molar-refractivity contribution in [1.82, 2.24) is 23.7 Å². The Kier molecular flexibility index (Phi) is 5.32. The number of nitrogens with one attached hydrogen (secondary N) is 1. The zero-order chi connectivity index (χ0) is 22.8. The summed E-state index contributed by atoms with van der Waals surface area (Å²) in [5, 5.41) is 7.07. The van der Waals surface area contributed by atoms with Crippen molar-refractivity contribution >= 4 is 17.2 Å². The molecule has 0 aliphatic rings. The first-order valence-corrected chi connectivity index (χ1v) is 10.6. The van der Waals surface area contributed by atoms with E-state index in [4.69, 9.17) is 0 Å². The van der Waals surface area contributed by atoms with Crippen molar-refractivity contribution < 1.29 is 4.79 Å². The minimum absolute atomic E-state index is 0.0817. The molecular formula is C25H22N6O2. The summed E-state index contributed by atoms with van der Waals surface area (Å²) in [5.74, 6) is -0.467. The lowest BCUT2D eigenvalue weighted by atomic mass is 10.1. The molecule has 164 valence electrons. The number of amides is 1. The molecule has 5 aromatic rings. The van der Waals surface area contributed by atoms with E-state index in [0.717, 1.165) is 22.5 Å². The van der Waals surface area contributed by atoms with Gasteiger partial charge in [0.15, 0.2) is 0 Å². The van der Waals surface area contributed by atoms with Crippen LogP contribution in [0.25, 0.3) is 5.65 Å². The number of benzene rings is 1. The van der Waals surface area contributed by atoms with E-state index in [9.17, 15) is 9.59 Å². The molecule has 33 heavy (non-hydrogen) atoms. The van der Waals surface area contributed by atoms with Gasteiger partial charge in [0.2, 0.25) is 0 Å². The maximum atomic E-state index is 12.9. The van der Waals surface area contributed by atoms with Crippen LogP contribution in [0.2, 0.25) is 0 Å². The average molecular weight is 438 g/mol. The molecule has 0 unspecified atom stereocenters. The second-order valence-electron chi connectivity index (χ2n) is 7.92. The third-order valence-corrected chi connectivity index (χ3v) is 5.33. The number of hydrogen-bond donors (Lipinski definition) is 1. The molecule has 0 saturated heterocycles. The first-order chi connectivity index (χ1) is 16.0. The van der Waals surface area contributed by atoms with Crippen molar-refractivity contribution in [2.24, 2.45) is 0 Å². The van der Waals surface area contributed by atoms with Crippen LogP contribution in [0.4, 0.5) is 5.69 Å². The van der Waals surface area contributed by atoms with Gasteiger partial charge in [0.05, 0.1) is 30.7 Å². The van der Waals surface area contributed by atoms with Gasteiger partial charge in [0.25, 0.3) is 11.5 Å². The second kappa shape index (κ2) is 8.58. The van der Waals surface area contributed by atoms with Gasteiger partial charge in [-0.2, -0.15) is 5.10 Å². The van der Waals surface area contributed by atoms with E-state index in [1.807, 2.05) is 66.2 Å². The van der Waals surface area contributed by atoms with Crippen LogP contribution in [-0.4, -0.2) is 29.6 Å². The normalized spacial score (nSPS) is 11.1. The molecule has 1 aromatic carbocycles. The van der Waals surface area contributed by atoms with E-state index in [1.54, 1.807) is 29.3 Å². The Morgan fingerprint density at radius 3 is 2.76 bits per heavy atom. The van der Waals surface area contributed by atoms with E-state index in [-0.39, 0.29) is 11.1 Å². The summed E-state index contributed by atoms with van der Waals surface area (Å²) >= 11 is 0. The number of anilines is 1. The first-order valence-electron chi connectivity index (χ1n) is 10.6. The van der Waals surface area contributed by atoms with Crippen LogP contribution in [-0.2, 0) is 13.1 Å². The highest BCUT2D eigenvalue weighted by atomic mass is 16.2. The third kappa shape index (κ3) is 4.45. The topological polar surface area (TPSA) is 86.2 Å². The molecule has 4 aromatic heterocycles. The summed E-state index contributed by atoms with van der Waals surface area (Å²) in [5.41, 5.74) is 4.09. The monoisotopic (exact) mass is 438 g/mol. The van der Waals surface area contributed by atoms with Crippen molar-refractivity contribution in [1.29, 1.82) is 0 Å². The number of carbonyl (C=O) groups excluding carboxylic acids is 1. The highest BCUT2D eigenvalue weighted by molar-refractivity contribution is 6.03. The number of nitrogens with zero attached hydrogens (tertiary/aromatic N) is 5. The Morgan fingerprint density at radius 2 is 1.91 bits per heavy atom. The van der Waals surface area contributed by atoms with Crippen LogP contribution in [0, 0.1) is 6.92 Å². The van der Waals surface area contributed by atoms with Crippen molar-refractivity contribution in [3.05, 3.63) is 118 Å². The fraction of sp³-hybridized carbons (Fsp3) is 0.120. The number of rotatable bonds is 6. The fourth-order valence-corrected chi connectivity index (χ4v) is 3.78. The Balaban J connectivity index is 1.30. The molecule has 4 heterocycles. The van der Waals surface area contributed by atoms with Crippen molar-refractivity contribution in [2.45, 2.75) is 20.0 Å². The summed E-state index contributed by atoms with van der Waals surface area (Å²) in [7, 11) is 0. The molecule has 0 saturated carbocycles. The third-order valence-electron chi connectivity index (χ3n) is 5.33. The van der Waals surface area contributed by atoms with E-state index in [2.05, 4.69) is 15.4 Å². The number of aryl methyl sites for hydroxylation is 1. The number of carbonyl (C=O) groups is 1. The molecule has 8 nitrogen and oxygen atoms in total. The van der Waals surface area contributed by atoms with Crippen LogP contribution in [0.15, 0.2) is 90.4 Å². The van der Waals surface area contributed by atoms with Gasteiger partial charge in [-0.15, -0.1) is 0 Å². The second-order valence-corrected chi connectivity index (χ2v) is 7.92. The number of pyridine rings is 2. The molecule has 0 atom stereocenters. The SMILES string of the molecule is Cc1cccc(Cn2cccc(C(=O)Nc3cnn(Cc4cn5ccccc5n4)c3)c2=O)c1. The van der Waals surface area contributed by atoms with E-state index in [1.165, 1.54) is 10.6 Å². The highest BCUT2D eigenvalue weighted by Crippen LogP contribution is 2.11. The predicted octanol–water partition coefficient (Wildman–Crippen LogP) is 3.35. The molecule has 0 spiro atoms. The Hall–Kier alpha value is -4.46. The van der Waals surface area contributed by atoms with Crippen LogP contribution in [0.1, 0.15) is 27.2 Å². The van der Waals surface area contributed by atoms with Gasteiger partial charge in [-0.3, -0.25) is 14.3 Å². The van der Waals surface area contributed by atoms with E-state index < -0.39 is 5.91 Å². The largest absolute Gasteiger partial charge is 0.319 e. The number of aromatic nitrogens is 5. The number of imidazole rings is 1. The molecule has 1 amide bonds. The van der Waals surface area contributed by atoms with Crippen LogP contribution in [0.5, 0.6) is 0 Å². The lowest BCUT2D eigenvalue weighted by Crippen LogP contribution is -2.28. The molecule has 0 aliphatic heterocycles. The van der Waals surface area contributed by atoms with E-state index >= 15 is 0 Å². The summed E-state index contributed by atoms with van der Waals surface area (Å²) in [4.78, 5) is 30.3. The van der Waals surface area contributed by atoms with Gasteiger partial charge >= 0.3 is 0 Å². The van der Waals surface area contributed by atoms with Crippen LogP contribution in [0.3, 0.4) is 0 Å². The van der Waals surface area contributed by atoms with Crippen LogP contribution >= 0.6 is 0 Å². The Labute approximate surface area is 189 Å². The minimum atomic E-state index is -0.467. The van der Waals surface area contributed by atoms with Gasteiger partial charge < -0.3 is 14.3 Å². The fourth-order valence-electron chi connectivity index (χ4n) is 3.78. The summed E-state index contributed by atoms with van der Waals surface area (Å²) in [6.45, 7) is 2.87. The van der Waals surface area contributed by atoms with Gasteiger partial charge in [-0.25, -0.2) is 4.98 Å². The quantitative estimate of drug-likeness (QED) is 0.441. The van der Waals surface area contributed by atoms with Crippen molar-refractivity contribution in [3.63, 3.8) is 0 Å². The first kappa shape index (κ1) is 20.4. The summed E-state index contributed by atoms with van der Waals surface area (Å²) in [6.07, 6.45) is 8.84. The molecule has 8 heteroatoms. The van der Waals surface area contributed by atoms with Crippen molar-refractivity contribution in [3.8, 4) is 0 Å². The minimum Gasteiger partial charge on any atom is -0.319 e. The molecule has 0 radical (unpaired) electrons. The lowest BCUT2D eigenvalue weighted by molar-refractivity contribution is 0.102. The van der Waals surface area contributed by atoms with Gasteiger partial charge in [-0.1, -0.05) is 35.9 Å². The lowest BCUT2D eigenvalue weighted by Gasteiger charge is -2.09. The summed E-state index contributed by atoms with van der Waals surface area (Å²) < 4.78 is 5.17. The zero-order valence-electron chi connectivity index (χ0n) is 18.0. The van der Waals surface area contributed by atoms with Gasteiger partial charge in [0, 0.05) is 24.8 Å². The number of fused-ring (bicyclic) bond motifs is 1. The highest BCUT2D eigenvalue weighted by Gasteiger charge is 2.14. The molecule has 0 aliphatic carbocycles. The maximum Gasteiger partial charge on any atom is 0.263 e. The maximum absolute atomic E-state index is 12.9. The zero-order valence-corrected chi connectivity index (χ0v) is 18.0. The van der Waals surface area contributed by atoms with Crippen molar-refractivity contribution in [2.75, 3.05) is 5.32 Å². The standard InChI is InChI=1S/C25H22N6O2/c1-18-6-4-7-19(12-18)14-30-11-5-8-22(25(30)33)24(32)28-20-13-26-31(16-20)17-21-15-29-10-3-2-9-23(29)27-21/h2-13,15-16H,14,17H2,1H3,(H,28,32). The molecule has 0 fully saturated rings. The Morgan fingerprint density at radius 1 is 1.00 bits per heavy atom. The predicted molar refractivity (Wildman–Crippen MR) is 125 cm³/mol. The smallest absolute Gasteiger partial charge is 0.263 e. The summed E-state index contributed by atoms with van der Waals surface area (Å²) in [6, 6.07) is 17.0.